The molecule has 3 aromatic rings. The third kappa shape index (κ3) is 4.41. The zero-order valence-electron chi connectivity index (χ0n) is 15.1. The molecule has 1 amide bonds. The second kappa shape index (κ2) is 8.14. The maximum Gasteiger partial charge on any atom is 0.255 e. The lowest BCUT2D eigenvalue weighted by molar-refractivity contribution is 0.0541. The summed E-state index contributed by atoms with van der Waals surface area (Å²) in [6.45, 7) is 2.74. The fourth-order valence-electron chi connectivity index (χ4n) is 3.00. The van der Waals surface area contributed by atoms with Crippen LogP contribution in [0.25, 0.3) is 5.78 Å². The lowest BCUT2D eigenvalue weighted by Gasteiger charge is -2.26. The monoisotopic (exact) mass is 411 g/mol. The first kappa shape index (κ1) is 20.1. The second-order valence-corrected chi connectivity index (χ2v) is 6.89. The van der Waals surface area contributed by atoms with Crippen molar-refractivity contribution in [1.82, 2.24) is 24.5 Å². The maximum atomic E-state index is 13.6. The van der Waals surface area contributed by atoms with Gasteiger partial charge in [-0.2, -0.15) is 10.1 Å². The molecule has 28 heavy (non-hydrogen) atoms. The van der Waals surface area contributed by atoms with E-state index in [0.29, 0.717) is 17.2 Å². The van der Waals surface area contributed by atoms with Gasteiger partial charge in [-0.05, 0) is 31.2 Å². The van der Waals surface area contributed by atoms with Gasteiger partial charge in [-0.1, -0.05) is 18.5 Å². The average Bonchev–Trinajstić information content (AvgIpc) is 3.06. The Morgan fingerprint density at radius 1 is 1.25 bits per heavy atom. The molecule has 3 rings (SSSR count). The van der Waals surface area contributed by atoms with Gasteiger partial charge in [-0.15, -0.1) is 0 Å². The van der Waals surface area contributed by atoms with Crippen LogP contribution in [0.2, 0.25) is 5.02 Å². The Balaban J connectivity index is 1.91. The van der Waals surface area contributed by atoms with E-state index < -0.39 is 24.7 Å². The Morgan fingerprint density at radius 3 is 2.68 bits per heavy atom. The van der Waals surface area contributed by atoms with E-state index in [2.05, 4.69) is 15.1 Å². The molecule has 0 aliphatic rings. The van der Waals surface area contributed by atoms with E-state index in [1.54, 1.807) is 19.9 Å². The molecule has 0 radical (unpaired) electrons. The van der Waals surface area contributed by atoms with Crippen molar-refractivity contribution in [3.63, 3.8) is 0 Å². The van der Waals surface area contributed by atoms with Gasteiger partial charge in [-0.25, -0.2) is 22.7 Å². The third-order valence-corrected chi connectivity index (χ3v) is 4.38. The van der Waals surface area contributed by atoms with E-state index in [0.717, 1.165) is 17.0 Å². The maximum absolute atomic E-state index is 13.6. The number of hydrogen-bond acceptors (Lipinski definition) is 4. The van der Waals surface area contributed by atoms with Crippen LogP contribution in [0.5, 0.6) is 0 Å². The predicted octanol–water partition coefficient (Wildman–Crippen LogP) is 3.74. The smallest absolute Gasteiger partial charge is 0.255 e. The molecular formula is C18H17ClF3N5O. The lowest BCUT2D eigenvalue weighted by atomic mass is 10.1. The normalized spacial score (nSPS) is 12.5. The summed E-state index contributed by atoms with van der Waals surface area (Å²) < 4.78 is 41.3. The van der Waals surface area contributed by atoms with Crippen molar-refractivity contribution in [3.05, 3.63) is 58.4 Å². The van der Waals surface area contributed by atoms with Crippen LogP contribution in [0.3, 0.4) is 0 Å². The molecule has 2 aromatic heterocycles. The molecule has 148 valence electrons. The van der Waals surface area contributed by atoms with Crippen molar-refractivity contribution in [3.8, 4) is 0 Å². The van der Waals surface area contributed by atoms with Crippen LogP contribution >= 0.6 is 11.6 Å². The number of amides is 1. The van der Waals surface area contributed by atoms with E-state index in [1.807, 2.05) is 0 Å². The Labute approximate surface area is 164 Å². The van der Waals surface area contributed by atoms with Gasteiger partial charge < -0.3 is 4.90 Å². The molecule has 6 nitrogen and oxygen atoms in total. The number of hydrogen-bond donors (Lipinski definition) is 0. The van der Waals surface area contributed by atoms with Gasteiger partial charge in [0.05, 0.1) is 12.2 Å². The number of carbonyl (C=O) groups excluding carboxylic acids is 1. The number of carbonyl (C=O) groups is 1. The van der Waals surface area contributed by atoms with Gasteiger partial charge in [0, 0.05) is 28.7 Å². The summed E-state index contributed by atoms with van der Waals surface area (Å²) in [6.07, 6.45) is -1.40. The zero-order chi connectivity index (χ0) is 20.4. The van der Waals surface area contributed by atoms with Crippen LogP contribution in [-0.2, 0) is 0 Å². The number of fused-ring (bicyclic) bond motifs is 1. The molecule has 0 fully saturated rings. The third-order valence-electron chi connectivity index (χ3n) is 4.16. The van der Waals surface area contributed by atoms with Gasteiger partial charge >= 0.3 is 0 Å². The van der Waals surface area contributed by atoms with E-state index >= 15 is 0 Å². The fraction of sp³-hybridized carbons (Fsp3) is 0.333. The number of nitrogens with zero attached hydrogens (tertiary/aromatic N) is 5. The minimum Gasteiger partial charge on any atom is -0.332 e. The minimum absolute atomic E-state index is 0.0162. The molecule has 1 aromatic carbocycles. The van der Waals surface area contributed by atoms with Gasteiger partial charge in [0.1, 0.15) is 12.1 Å². The second-order valence-electron chi connectivity index (χ2n) is 6.45. The molecule has 2 heterocycles. The topological polar surface area (TPSA) is 63.4 Å². The molecule has 0 bridgehead atoms. The van der Waals surface area contributed by atoms with Crippen molar-refractivity contribution < 1.29 is 18.0 Å². The zero-order valence-corrected chi connectivity index (χ0v) is 15.9. The quantitative estimate of drug-likeness (QED) is 0.620. The largest absolute Gasteiger partial charge is 0.332 e. The Bertz CT molecular complexity index is 990. The highest BCUT2D eigenvalue weighted by Gasteiger charge is 2.24. The van der Waals surface area contributed by atoms with E-state index in [9.17, 15) is 18.0 Å². The Morgan fingerprint density at radius 2 is 2.00 bits per heavy atom. The number of alkyl halides is 2. The molecule has 0 N–H and O–H groups in total. The summed E-state index contributed by atoms with van der Waals surface area (Å²) in [5, 5.41) is 4.12. The number of rotatable bonds is 6. The van der Waals surface area contributed by atoms with Crippen LogP contribution in [0.4, 0.5) is 13.2 Å². The summed E-state index contributed by atoms with van der Waals surface area (Å²) in [7, 11) is 0. The highest BCUT2D eigenvalue weighted by molar-refractivity contribution is 6.31. The first-order chi connectivity index (χ1) is 13.2. The first-order valence-electron chi connectivity index (χ1n) is 8.45. The highest BCUT2D eigenvalue weighted by Crippen LogP contribution is 2.21. The standard InChI is InChI=1S/C18H17ClF3N5O/c1-10(15-3-11(2)25-18-23-9-24-27(15)18)7-26(8-16(21)22)17(28)12-4-13(19)6-14(20)5-12/h3-6,9-10,16H,7-8H2,1-2H3. The molecular weight excluding hydrogens is 395 g/mol. The molecule has 0 saturated heterocycles. The summed E-state index contributed by atoms with van der Waals surface area (Å²) in [5.74, 6) is -1.42. The molecule has 0 saturated carbocycles. The van der Waals surface area contributed by atoms with Crippen LogP contribution in [0.1, 0.15) is 34.6 Å². The molecule has 10 heteroatoms. The van der Waals surface area contributed by atoms with Crippen molar-refractivity contribution in [2.24, 2.45) is 0 Å². The van der Waals surface area contributed by atoms with Crippen molar-refractivity contribution >= 4 is 23.3 Å². The summed E-state index contributed by atoms with van der Waals surface area (Å²) in [6, 6.07) is 5.03. The van der Waals surface area contributed by atoms with E-state index in [-0.39, 0.29) is 23.0 Å². The lowest BCUT2D eigenvalue weighted by Crippen LogP contribution is -2.38. The molecule has 0 aliphatic carbocycles. The Kier molecular flexibility index (Phi) is 5.83. The molecule has 1 unspecified atom stereocenters. The van der Waals surface area contributed by atoms with Gasteiger partial charge in [0.2, 0.25) is 0 Å². The van der Waals surface area contributed by atoms with Crippen molar-refractivity contribution in [2.45, 2.75) is 26.2 Å². The SMILES string of the molecule is Cc1cc(C(C)CN(CC(F)F)C(=O)c2cc(F)cc(Cl)c2)n2ncnc2n1. The number of aryl methyl sites for hydroxylation is 1. The van der Waals surface area contributed by atoms with Crippen LogP contribution in [0.15, 0.2) is 30.6 Å². The van der Waals surface area contributed by atoms with Crippen LogP contribution in [-0.4, -0.2) is 49.9 Å². The van der Waals surface area contributed by atoms with Gasteiger partial charge in [0.15, 0.2) is 0 Å². The van der Waals surface area contributed by atoms with E-state index in [4.69, 9.17) is 11.6 Å². The molecule has 0 spiro atoms. The summed E-state index contributed by atoms with van der Waals surface area (Å²) >= 11 is 5.79. The van der Waals surface area contributed by atoms with Gasteiger partial charge in [-0.3, -0.25) is 4.79 Å². The number of aromatic nitrogens is 4. The van der Waals surface area contributed by atoms with Crippen LogP contribution < -0.4 is 0 Å². The average molecular weight is 412 g/mol. The van der Waals surface area contributed by atoms with Gasteiger partial charge in [0.25, 0.3) is 18.1 Å². The first-order valence-corrected chi connectivity index (χ1v) is 8.83. The van der Waals surface area contributed by atoms with Crippen molar-refractivity contribution in [2.75, 3.05) is 13.1 Å². The number of benzene rings is 1. The number of halogens is 4. The summed E-state index contributed by atoms with van der Waals surface area (Å²) in [5.41, 5.74) is 1.27. The minimum atomic E-state index is -2.74. The highest BCUT2D eigenvalue weighted by atomic mass is 35.5. The molecule has 1 atom stereocenters. The summed E-state index contributed by atoms with van der Waals surface area (Å²) in [4.78, 5) is 22.0. The van der Waals surface area contributed by atoms with Crippen molar-refractivity contribution in [1.29, 1.82) is 0 Å². The molecule has 0 aliphatic heterocycles. The predicted molar refractivity (Wildman–Crippen MR) is 97.3 cm³/mol. The Hall–Kier alpha value is -2.68. The van der Waals surface area contributed by atoms with E-state index in [1.165, 1.54) is 16.9 Å². The van der Waals surface area contributed by atoms with Crippen LogP contribution in [0, 0.1) is 12.7 Å². The fourth-order valence-corrected chi connectivity index (χ4v) is 3.22.